The zero-order chi connectivity index (χ0) is 23.2. The molecule has 2 aromatic carbocycles. The molecule has 1 unspecified atom stereocenters. The number of furan rings is 1. The predicted octanol–water partition coefficient (Wildman–Crippen LogP) is 6.98. The Bertz CT molecular complexity index is 1050. The second-order valence-corrected chi connectivity index (χ2v) is 9.65. The van der Waals surface area contributed by atoms with Crippen molar-refractivity contribution in [1.29, 1.82) is 0 Å². The van der Waals surface area contributed by atoms with E-state index in [2.05, 4.69) is 43.0 Å². The van der Waals surface area contributed by atoms with Crippen LogP contribution >= 0.6 is 0 Å². The van der Waals surface area contributed by atoms with E-state index in [-0.39, 0.29) is 5.78 Å². The van der Waals surface area contributed by atoms with Crippen LogP contribution in [0.5, 0.6) is 0 Å². The van der Waals surface area contributed by atoms with Gasteiger partial charge in [-0.05, 0) is 88.2 Å². The van der Waals surface area contributed by atoms with Crippen LogP contribution in [-0.2, 0) is 6.42 Å². The number of ketones is 1. The molecule has 0 amide bonds. The van der Waals surface area contributed by atoms with Gasteiger partial charge in [-0.1, -0.05) is 43.7 Å². The van der Waals surface area contributed by atoms with Gasteiger partial charge >= 0.3 is 0 Å². The number of nitrogens with two attached hydrogens (primary N) is 1. The SMILES string of the molecule is CCCC(C)N1CCC(c2c(N)oc3ccc(C(=O)CCCCc4ccccc4)cc23)CC1. The molecular formula is C29H38N2O2. The number of nitrogen functional groups attached to an aromatic ring is 1. The van der Waals surface area contributed by atoms with Crippen molar-refractivity contribution < 1.29 is 9.21 Å². The van der Waals surface area contributed by atoms with Crippen LogP contribution in [0.4, 0.5) is 5.88 Å². The normalized spacial score (nSPS) is 16.3. The van der Waals surface area contributed by atoms with Crippen LogP contribution in [0.15, 0.2) is 52.9 Å². The summed E-state index contributed by atoms with van der Waals surface area (Å²) in [6.07, 6.45) is 8.17. The summed E-state index contributed by atoms with van der Waals surface area (Å²) in [6, 6.07) is 16.9. The highest BCUT2D eigenvalue weighted by molar-refractivity contribution is 6.00. The molecule has 33 heavy (non-hydrogen) atoms. The number of fused-ring (bicyclic) bond motifs is 1. The Morgan fingerprint density at radius 3 is 2.61 bits per heavy atom. The van der Waals surface area contributed by atoms with Crippen molar-refractivity contribution >= 4 is 22.6 Å². The Morgan fingerprint density at radius 2 is 1.88 bits per heavy atom. The van der Waals surface area contributed by atoms with Gasteiger partial charge in [-0.15, -0.1) is 0 Å². The van der Waals surface area contributed by atoms with Gasteiger partial charge < -0.3 is 15.1 Å². The van der Waals surface area contributed by atoms with Gasteiger partial charge in [0.15, 0.2) is 11.7 Å². The van der Waals surface area contributed by atoms with Gasteiger partial charge in [-0.3, -0.25) is 4.79 Å². The topological polar surface area (TPSA) is 59.5 Å². The van der Waals surface area contributed by atoms with E-state index in [1.54, 1.807) is 0 Å². The van der Waals surface area contributed by atoms with Gasteiger partial charge in [0.05, 0.1) is 0 Å². The Hall–Kier alpha value is -2.59. The number of carbonyl (C=O) groups excluding carboxylic acids is 1. The van der Waals surface area contributed by atoms with Crippen molar-refractivity contribution in [2.75, 3.05) is 18.8 Å². The molecule has 2 heterocycles. The smallest absolute Gasteiger partial charge is 0.195 e. The average molecular weight is 447 g/mol. The molecular weight excluding hydrogens is 408 g/mol. The second kappa shape index (κ2) is 11.0. The number of piperidine rings is 1. The monoisotopic (exact) mass is 446 g/mol. The number of benzene rings is 2. The number of rotatable bonds is 10. The third-order valence-corrected chi connectivity index (χ3v) is 7.31. The van der Waals surface area contributed by atoms with Crippen LogP contribution < -0.4 is 5.73 Å². The Kier molecular flexibility index (Phi) is 7.87. The zero-order valence-electron chi connectivity index (χ0n) is 20.2. The maximum atomic E-state index is 12.9. The van der Waals surface area contributed by atoms with E-state index in [4.69, 9.17) is 10.2 Å². The molecule has 2 N–H and O–H groups in total. The molecule has 0 saturated carbocycles. The molecule has 3 aromatic rings. The van der Waals surface area contributed by atoms with Gasteiger partial charge in [-0.25, -0.2) is 0 Å². The number of aryl methyl sites for hydroxylation is 1. The van der Waals surface area contributed by atoms with Crippen molar-refractivity contribution in [3.8, 4) is 0 Å². The van der Waals surface area contributed by atoms with Crippen LogP contribution in [0.25, 0.3) is 11.0 Å². The number of Topliss-reactive ketones (excluding diaryl/α,β-unsaturated/α-hetero) is 1. The summed E-state index contributed by atoms with van der Waals surface area (Å²) < 4.78 is 5.90. The van der Waals surface area contributed by atoms with Gasteiger partial charge in [0.2, 0.25) is 0 Å². The van der Waals surface area contributed by atoms with Gasteiger partial charge in [0.25, 0.3) is 0 Å². The van der Waals surface area contributed by atoms with Gasteiger partial charge in [0.1, 0.15) is 5.58 Å². The Labute approximate surface area is 198 Å². The number of likely N-dealkylation sites (tertiary alicyclic amines) is 1. The highest BCUT2D eigenvalue weighted by atomic mass is 16.3. The molecule has 1 atom stereocenters. The fourth-order valence-electron chi connectivity index (χ4n) is 5.36. The number of anilines is 1. The Balaban J connectivity index is 1.40. The molecule has 1 fully saturated rings. The third kappa shape index (κ3) is 5.67. The molecule has 0 bridgehead atoms. The maximum absolute atomic E-state index is 12.9. The molecule has 1 saturated heterocycles. The van der Waals surface area contributed by atoms with Gasteiger partial charge in [0, 0.05) is 29.0 Å². The summed E-state index contributed by atoms with van der Waals surface area (Å²) in [6.45, 7) is 6.78. The highest BCUT2D eigenvalue weighted by Crippen LogP contribution is 2.40. The minimum absolute atomic E-state index is 0.207. The first-order valence-corrected chi connectivity index (χ1v) is 12.7. The van der Waals surface area contributed by atoms with Crippen molar-refractivity contribution in [2.45, 2.75) is 77.2 Å². The summed E-state index contributed by atoms with van der Waals surface area (Å²) >= 11 is 0. The third-order valence-electron chi connectivity index (χ3n) is 7.31. The molecule has 4 nitrogen and oxygen atoms in total. The minimum atomic E-state index is 0.207. The second-order valence-electron chi connectivity index (χ2n) is 9.65. The number of unbranched alkanes of at least 4 members (excludes halogenated alkanes) is 1. The van der Waals surface area contributed by atoms with E-state index in [1.807, 2.05) is 24.3 Å². The van der Waals surface area contributed by atoms with E-state index < -0.39 is 0 Å². The lowest BCUT2D eigenvalue weighted by atomic mass is 9.87. The van der Waals surface area contributed by atoms with Crippen molar-refractivity contribution in [1.82, 2.24) is 4.90 Å². The quantitative estimate of drug-likeness (QED) is 0.270. The summed E-state index contributed by atoms with van der Waals surface area (Å²) in [7, 11) is 0. The molecule has 176 valence electrons. The van der Waals surface area contributed by atoms with Crippen molar-refractivity contribution in [3.63, 3.8) is 0 Å². The van der Waals surface area contributed by atoms with Crippen molar-refractivity contribution in [2.24, 2.45) is 0 Å². The molecule has 4 rings (SSSR count). The molecule has 1 aromatic heterocycles. The van der Waals surface area contributed by atoms with Crippen LogP contribution in [0, 0.1) is 0 Å². The van der Waals surface area contributed by atoms with Gasteiger partial charge in [-0.2, -0.15) is 0 Å². The predicted molar refractivity (Wildman–Crippen MR) is 137 cm³/mol. The van der Waals surface area contributed by atoms with Crippen LogP contribution in [-0.4, -0.2) is 29.8 Å². The fraction of sp³-hybridized carbons (Fsp3) is 0.483. The molecule has 4 heteroatoms. The van der Waals surface area contributed by atoms with Crippen LogP contribution in [0.3, 0.4) is 0 Å². The summed E-state index contributed by atoms with van der Waals surface area (Å²) in [5.41, 5.74) is 10.4. The van der Waals surface area contributed by atoms with E-state index in [0.29, 0.717) is 24.3 Å². The summed E-state index contributed by atoms with van der Waals surface area (Å²) in [5, 5.41) is 1.03. The zero-order valence-corrected chi connectivity index (χ0v) is 20.2. The molecule has 0 radical (unpaired) electrons. The first kappa shape index (κ1) is 23.6. The maximum Gasteiger partial charge on any atom is 0.195 e. The first-order valence-electron chi connectivity index (χ1n) is 12.7. The van der Waals surface area contributed by atoms with E-state index in [0.717, 1.165) is 67.3 Å². The first-order chi connectivity index (χ1) is 16.1. The lowest BCUT2D eigenvalue weighted by molar-refractivity contribution is 0.0979. The largest absolute Gasteiger partial charge is 0.441 e. The Morgan fingerprint density at radius 1 is 1.12 bits per heavy atom. The van der Waals surface area contributed by atoms with Crippen LogP contribution in [0.1, 0.15) is 86.2 Å². The van der Waals surface area contributed by atoms with E-state index in [1.165, 1.54) is 18.4 Å². The number of carbonyl (C=O) groups is 1. The summed E-state index contributed by atoms with van der Waals surface area (Å²) in [5.74, 6) is 1.13. The lowest BCUT2D eigenvalue weighted by Crippen LogP contribution is -2.39. The molecule has 0 aliphatic carbocycles. The standard InChI is InChI=1S/C29H38N2O2/c1-3-9-21(2)31-18-16-23(17-19-31)28-25-20-24(14-15-27(25)33-29(28)30)26(32)13-8-7-12-22-10-5-4-6-11-22/h4-6,10-11,14-15,20-21,23H,3,7-9,12-13,16-19,30H2,1-2H3. The number of hydrogen-bond donors (Lipinski definition) is 1. The van der Waals surface area contributed by atoms with Crippen LogP contribution in [0.2, 0.25) is 0 Å². The van der Waals surface area contributed by atoms with E-state index in [9.17, 15) is 4.79 Å². The lowest BCUT2D eigenvalue weighted by Gasteiger charge is -2.36. The highest BCUT2D eigenvalue weighted by Gasteiger charge is 2.28. The molecule has 1 aliphatic heterocycles. The number of hydrogen-bond acceptors (Lipinski definition) is 4. The average Bonchev–Trinajstić information content (AvgIpc) is 3.17. The fourth-order valence-corrected chi connectivity index (χ4v) is 5.36. The number of nitrogens with zero attached hydrogens (tertiary/aromatic N) is 1. The minimum Gasteiger partial charge on any atom is -0.441 e. The van der Waals surface area contributed by atoms with Crippen molar-refractivity contribution in [3.05, 3.63) is 65.2 Å². The summed E-state index contributed by atoms with van der Waals surface area (Å²) in [4.78, 5) is 15.5. The molecule has 1 aliphatic rings. The van der Waals surface area contributed by atoms with E-state index >= 15 is 0 Å². The molecule has 0 spiro atoms.